The predicted octanol–water partition coefficient (Wildman–Crippen LogP) is 5.89. The molecule has 0 spiro atoms. The fourth-order valence-corrected chi connectivity index (χ4v) is 15.2. The topological polar surface area (TPSA) is 0 Å². The molecule has 0 nitrogen and oxygen atoms in total. The summed E-state index contributed by atoms with van der Waals surface area (Å²) in [5, 5.41) is 2.35. The van der Waals surface area contributed by atoms with E-state index in [1.165, 1.54) is 11.5 Å². The van der Waals surface area contributed by atoms with Crippen LogP contribution in [0.5, 0.6) is 0 Å². The smallest absolute Gasteiger partial charge is 0.154 e. The summed E-state index contributed by atoms with van der Waals surface area (Å²) in [6.45, 7) is 0. The molecule has 0 radical (unpaired) electrons. The second kappa shape index (κ2) is 14.2. The Hall–Kier alpha value is 4.20. The van der Waals surface area contributed by atoms with Crippen molar-refractivity contribution in [2.24, 2.45) is 0 Å². The van der Waals surface area contributed by atoms with E-state index >= 15 is 0 Å². The average Bonchev–Trinajstić information content (AvgIpc) is 2.99. The highest BCUT2D eigenvalue weighted by molar-refractivity contribution is 8.49. The van der Waals surface area contributed by atoms with Crippen molar-refractivity contribution in [3.8, 4) is 0 Å². The number of hydrogen-bond acceptors (Lipinski definition) is 12. The van der Waals surface area contributed by atoms with E-state index < -0.39 is 0 Å². The largest absolute Gasteiger partial charge is 0.178 e. The fourth-order valence-electron chi connectivity index (χ4n) is 1.65. The highest BCUT2D eigenvalue weighted by Crippen LogP contribution is 2.63. The van der Waals surface area contributed by atoms with Crippen molar-refractivity contribution in [2.75, 3.05) is 33.2 Å². The van der Waals surface area contributed by atoms with Crippen LogP contribution in [0.15, 0.2) is 0 Å². The molecule has 0 N–H and O–H groups in total. The van der Waals surface area contributed by atoms with Gasteiger partial charge in [0.1, 0.15) is 0 Å². The fraction of sp³-hybridized carbons (Fsp3) is 1.00. The zero-order valence-corrected chi connectivity index (χ0v) is 22.5. The van der Waals surface area contributed by atoms with Crippen LogP contribution in [-0.4, -0.2) is 55.6 Å². The molecule has 0 aromatic carbocycles. The summed E-state index contributed by atoms with van der Waals surface area (Å²) in [5.74, 6) is 4.03. The first kappa shape index (κ1) is 25.2. The first-order chi connectivity index (χ1) is 11.0. The van der Waals surface area contributed by atoms with Crippen LogP contribution in [0, 0.1) is 0 Å². The number of rotatable bonds is 12. The van der Waals surface area contributed by atoms with Crippen LogP contribution in [0.3, 0.4) is 0 Å². The highest BCUT2D eigenvalue weighted by Gasteiger charge is 2.43. The zero-order chi connectivity index (χ0) is 17.3. The van der Waals surface area contributed by atoms with Crippen molar-refractivity contribution >= 4 is 146 Å². The molecule has 12 heteroatoms. The minimum Gasteiger partial charge on any atom is -0.178 e. The zero-order valence-electron chi connectivity index (χ0n) is 12.2. The van der Waals surface area contributed by atoms with E-state index in [4.69, 9.17) is 25.3 Å². The van der Waals surface area contributed by atoms with Crippen LogP contribution in [0.4, 0.5) is 0 Å². The maximum Gasteiger partial charge on any atom is 0.154 e. The van der Waals surface area contributed by atoms with Gasteiger partial charge in [0, 0.05) is 43.7 Å². The maximum atomic E-state index is 4.75. The molecule has 138 valence electrons. The molecule has 1 aliphatic heterocycles. The summed E-state index contributed by atoms with van der Waals surface area (Å²) in [4.78, 5) is 0. The van der Waals surface area contributed by atoms with E-state index in [9.17, 15) is 0 Å². The monoisotopic (exact) mass is 538 g/mol. The minimum absolute atomic E-state index is 0.0943. The summed E-state index contributed by atoms with van der Waals surface area (Å²) >= 11 is 38.9. The summed E-state index contributed by atoms with van der Waals surface area (Å²) < 4.78 is 0.599. The Morgan fingerprint density at radius 3 is 1.48 bits per heavy atom. The normalized spacial score (nSPS) is 22.7. The van der Waals surface area contributed by atoms with Crippen LogP contribution in [0.1, 0.15) is 0 Å². The van der Waals surface area contributed by atoms with Crippen molar-refractivity contribution in [1.82, 2.24) is 0 Å². The molecule has 0 saturated carbocycles. The molecule has 1 saturated heterocycles. The van der Waals surface area contributed by atoms with Gasteiger partial charge in [-0.25, -0.2) is 0 Å². The second-order valence-electron chi connectivity index (χ2n) is 4.25. The van der Waals surface area contributed by atoms with E-state index in [1.807, 2.05) is 47.0 Å². The van der Waals surface area contributed by atoms with Crippen molar-refractivity contribution in [3.63, 3.8) is 0 Å². The molecule has 4 unspecified atom stereocenters. The molecule has 1 heterocycles. The maximum absolute atomic E-state index is 4.75. The van der Waals surface area contributed by atoms with Crippen molar-refractivity contribution in [1.29, 1.82) is 0 Å². The Bertz CT molecular complexity index is 285. The van der Waals surface area contributed by atoms with Crippen molar-refractivity contribution in [2.45, 2.75) is 22.4 Å². The first-order valence-corrected chi connectivity index (χ1v) is 16.1. The van der Waals surface area contributed by atoms with Gasteiger partial charge in [-0.1, -0.05) is 0 Å². The van der Waals surface area contributed by atoms with Crippen LogP contribution in [0.2, 0.25) is 0 Å². The molecule has 1 rings (SSSR count). The summed E-state index contributed by atoms with van der Waals surface area (Å²) in [6.07, 6.45) is 0. The van der Waals surface area contributed by atoms with E-state index in [-0.39, 0.29) is 11.9 Å². The second-order valence-corrected chi connectivity index (χ2v) is 17.6. The molecule has 23 heavy (non-hydrogen) atoms. The van der Waals surface area contributed by atoms with Crippen LogP contribution < -0.4 is 0 Å². The van der Waals surface area contributed by atoms with Gasteiger partial charge in [0.15, 0.2) is 2.74 Å². The van der Waals surface area contributed by atoms with Gasteiger partial charge < -0.3 is 0 Å². The third-order valence-corrected chi connectivity index (χ3v) is 16.6. The van der Waals surface area contributed by atoms with E-state index in [2.05, 4.69) is 50.5 Å². The van der Waals surface area contributed by atoms with Crippen molar-refractivity contribution < 1.29 is 0 Å². The Balaban J connectivity index is 2.77. The van der Waals surface area contributed by atoms with Gasteiger partial charge >= 0.3 is 0 Å². The third-order valence-electron chi connectivity index (χ3n) is 2.72. The Kier molecular flexibility index (Phi) is 15.6. The molecular formula is C11H22S12. The van der Waals surface area contributed by atoms with Crippen molar-refractivity contribution in [3.05, 3.63) is 0 Å². The summed E-state index contributed by atoms with van der Waals surface area (Å²) in [5.41, 5.74) is 0. The third kappa shape index (κ3) is 9.04. The van der Waals surface area contributed by atoms with E-state index in [0.29, 0.717) is 10.5 Å². The van der Waals surface area contributed by atoms with Gasteiger partial charge in [-0.2, -0.15) is 75.8 Å². The number of thiol groups is 6. The number of thioether (sulfide) groups is 6. The van der Waals surface area contributed by atoms with Crippen LogP contribution in [0.25, 0.3) is 0 Å². The molecule has 0 aliphatic carbocycles. The lowest BCUT2D eigenvalue weighted by Gasteiger charge is -2.35. The SMILES string of the molecule is SCSC(S)C(CS)SC1(SC(CS)C(S)SCS)SCCS1. The lowest BCUT2D eigenvalue weighted by Crippen LogP contribution is -2.27. The Morgan fingerprint density at radius 2 is 1.17 bits per heavy atom. The highest BCUT2D eigenvalue weighted by atomic mass is 32.3. The standard InChI is InChI=1S/C11H22S12/c12-3-7(9(16)18-5-14)22-11(20-1-2-21-11)23-8(4-13)10(17)19-6-15/h7-10,12-17H,1-6H2. The van der Waals surface area contributed by atoms with Gasteiger partial charge in [-0.05, 0) is 0 Å². The van der Waals surface area contributed by atoms with Gasteiger partial charge in [-0.15, -0.1) is 70.6 Å². The number of hydrogen-bond donors (Lipinski definition) is 6. The Morgan fingerprint density at radius 1 is 0.783 bits per heavy atom. The van der Waals surface area contributed by atoms with Gasteiger partial charge in [0.2, 0.25) is 0 Å². The minimum atomic E-state index is 0.0943. The molecular weight excluding hydrogens is 517 g/mol. The Labute approximate surface area is 199 Å². The first-order valence-electron chi connectivity index (χ1n) is 6.68. The molecule has 0 aromatic heterocycles. The van der Waals surface area contributed by atoms with Crippen LogP contribution >= 0.6 is 146 Å². The molecule has 0 bridgehead atoms. The molecule has 1 fully saturated rings. The molecule has 0 aromatic rings. The average molecular weight is 539 g/mol. The van der Waals surface area contributed by atoms with Gasteiger partial charge in [0.25, 0.3) is 0 Å². The summed E-state index contributed by atoms with van der Waals surface area (Å²) in [6, 6.07) is 0. The van der Waals surface area contributed by atoms with E-state index in [0.717, 1.165) is 21.7 Å². The molecule has 0 amide bonds. The quantitative estimate of drug-likeness (QED) is 0.134. The van der Waals surface area contributed by atoms with E-state index in [1.54, 1.807) is 23.5 Å². The van der Waals surface area contributed by atoms with Crippen LogP contribution in [-0.2, 0) is 0 Å². The lowest BCUT2D eigenvalue weighted by molar-refractivity contribution is 1.10. The molecule has 1 aliphatic rings. The van der Waals surface area contributed by atoms with Gasteiger partial charge in [0.05, 0.1) is 9.16 Å². The summed E-state index contributed by atoms with van der Waals surface area (Å²) in [7, 11) is 0. The lowest BCUT2D eigenvalue weighted by atomic mass is 10.5. The molecule has 4 atom stereocenters. The van der Waals surface area contributed by atoms with Gasteiger partial charge in [-0.3, -0.25) is 0 Å². The predicted molar refractivity (Wildman–Crippen MR) is 147 cm³/mol.